The molecule has 0 aromatic carbocycles. The summed E-state index contributed by atoms with van der Waals surface area (Å²) in [5, 5.41) is 22.2. The Morgan fingerprint density at radius 1 is 1.50 bits per heavy atom. The molecule has 0 aliphatic heterocycles. The highest BCUT2D eigenvalue weighted by atomic mass is 32.1. The van der Waals surface area contributed by atoms with E-state index >= 15 is 0 Å². The minimum absolute atomic E-state index is 0.117. The fourth-order valence-corrected chi connectivity index (χ4v) is 2.39. The predicted octanol–water partition coefficient (Wildman–Crippen LogP) is 0.930. The zero-order valence-electron chi connectivity index (χ0n) is 10.7. The van der Waals surface area contributed by atoms with E-state index in [1.807, 2.05) is 0 Å². The van der Waals surface area contributed by atoms with Crippen molar-refractivity contribution in [2.45, 2.75) is 6.92 Å². The lowest BCUT2D eigenvalue weighted by atomic mass is 10.2. The fraction of sp³-hybridized carbons (Fsp3) is 0.182. The summed E-state index contributed by atoms with van der Waals surface area (Å²) >= 11 is 1.19. The minimum Gasteiger partial charge on any atom is -0.478 e. The molecule has 104 valence electrons. The van der Waals surface area contributed by atoms with Crippen LogP contribution in [0, 0.1) is 6.92 Å². The van der Waals surface area contributed by atoms with Crippen LogP contribution < -0.4 is 5.32 Å². The Morgan fingerprint density at radius 2 is 2.25 bits per heavy atom. The van der Waals surface area contributed by atoms with Crippen LogP contribution in [-0.2, 0) is 11.8 Å². The summed E-state index contributed by atoms with van der Waals surface area (Å²) in [6.07, 6.45) is 2.49. The molecular formula is C11H11N5O3S. The third-order valence-electron chi connectivity index (χ3n) is 2.29. The summed E-state index contributed by atoms with van der Waals surface area (Å²) in [7, 11) is 1.59. The molecule has 8 nitrogen and oxygen atoms in total. The summed E-state index contributed by atoms with van der Waals surface area (Å²) in [6.45, 7) is 1.80. The highest BCUT2D eigenvalue weighted by Crippen LogP contribution is 2.23. The monoisotopic (exact) mass is 293 g/mol. The van der Waals surface area contributed by atoms with Crippen LogP contribution in [-0.4, -0.2) is 37.2 Å². The topological polar surface area (TPSA) is 110 Å². The summed E-state index contributed by atoms with van der Waals surface area (Å²) in [5.74, 6) is -1.28. The molecule has 0 saturated heterocycles. The van der Waals surface area contributed by atoms with Gasteiger partial charge in [0.15, 0.2) is 0 Å². The Kier molecular flexibility index (Phi) is 3.89. The Bertz CT molecular complexity index is 688. The van der Waals surface area contributed by atoms with Gasteiger partial charge in [-0.25, -0.2) is 4.79 Å². The van der Waals surface area contributed by atoms with Crippen molar-refractivity contribution < 1.29 is 14.7 Å². The molecule has 2 aromatic rings. The lowest BCUT2D eigenvalue weighted by Gasteiger charge is -1.95. The average Bonchev–Trinajstić information content (AvgIpc) is 2.93. The second kappa shape index (κ2) is 5.61. The van der Waals surface area contributed by atoms with Crippen molar-refractivity contribution in [3.8, 4) is 0 Å². The molecule has 0 aliphatic carbocycles. The maximum absolute atomic E-state index is 12.0. The Hall–Kier alpha value is -2.55. The number of amides is 1. The first kappa shape index (κ1) is 13.9. The van der Waals surface area contributed by atoms with E-state index in [1.165, 1.54) is 22.2 Å². The molecule has 0 atom stereocenters. The highest BCUT2D eigenvalue weighted by molar-refractivity contribution is 7.15. The van der Waals surface area contributed by atoms with E-state index in [0.717, 1.165) is 11.6 Å². The van der Waals surface area contributed by atoms with Crippen LogP contribution in [0.1, 0.15) is 20.1 Å². The minimum atomic E-state index is -1.03. The number of hydrogen-bond acceptors (Lipinski definition) is 6. The summed E-state index contributed by atoms with van der Waals surface area (Å²) in [6, 6.07) is 1.68. The predicted molar refractivity (Wildman–Crippen MR) is 72.5 cm³/mol. The summed E-state index contributed by atoms with van der Waals surface area (Å²) < 4.78 is 0. The van der Waals surface area contributed by atoms with Gasteiger partial charge in [0.1, 0.15) is 0 Å². The average molecular weight is 293 g/mol. The molecule has 0 aliphatic rings. The van der Waals surface area contributed by atoms with Crippen LogP contribution in [0.2, 0.25) is 0 Å². The molecule has 0 fully saturated rings. The number of thiophene rings is 1. The van der Waals surface area contributed by atoms with Gasteiger partial charge in [-0.05, 0) is 29.8 Å². The number of anilines is 1. The fourth-order valence-electron chi connectivity index (χ4n) is 1.42. The first-order chi connectivity index (χ1) is 9.45. The zero-order valence-corrected chi connectivity index (χ0v) is 11.5. The van der Waals surface area contributed by atoms with Crippen molar-refractivity contribution in [3.05, 3.63) is 27.5 Å². The number of aromatic nitrogens is 4. The van der Waals surface area contributed by atoms with Crippen LogP contribution in [0.25, 0.3) is 6.08 Å². The molecule has 0 saturated carbocycles. The molecule has 0 unspecified atom stereocenters. The Labute approximate surface area is 117 Å². The van der Waals surface area contributed by atoms with E-state index in [4.69, 9.17) is 5.11 Å². The van der Waals surface area contributed by atoms with Crippen molar-refractivity contribution in [2.24, 2.45) is 7.05 Å². The van der Waals surface area contributed by atoms with Gasteiger partial charge < -0.3 is 5.11 Å². The lowest BCUT2D eigenvalue weighted by Crippen LogP contribution is -2.11. The zero-order chi connectivity index (χ0) is 14.7. The number of carboxylic acids is 1. The molecule has 0 radical (unpaired) electrons. The largest absolute Gasteiger partial charge is 0.478 e. The van der Waals surface area contributed by atoms with E-state index in [1.54, 1.807) is 20.0 Å². The highest BCUT2D eigenvalue weighted by Gasteiger charge is 2.13. The second-order valence-electron chi connectivity index (χ2n) is 3.89. The molecule has 1 amide bonds. The number of aryl methyl sites for hydroxylation is 2. The Morgan fingerprint density at radius 3 is 2.85 bits per heavy atom. The molecule has 2 rings (SSSR count). The molecule has 0 spiro atoms. The van der Waals surface area contributed by atoms with Crippen LogP contribution >= 0.6 is 11.3 Å². The van der Waals surface area contributed by atoms with Crippen molar-refractivity contribution in [1.82, 2.24) is 20.2 Å². The van der Waals surface area contributed by atoms with Gasteiger partial charge in [0.05, 0.1) is 11.9 Å². The molecule has 2 heterocycles. The number of rotatable bonds is 4. The third-order valence-corrected chi connectivity index (χ3v) is 3.49. The molecular weight excluding hydrogens is 282 g/mol. The van der Waals surface area contributed by atoms with Gasteiger partial charge in [-0.2, -0.15) is 4.80 Å². The maximum Gasteiger partial charge on any atom is 0.328 e. The van der Waals surface area contributed by atoms with Gasteiger partial charge in [-0.1, -0.05) is 5.10 Å². The number of carboxylic acid groups (broad SMARTS) is 1. The molecule has 2 aromatic heterocycles. The molecule has 2 N–H and O–H groups in total. The van der Waals surface area contributed by atoms with Crippen LogP contribution in [0.5, 0.6) is 0 Å². The van der Waals surface area contributed by atoms with Crippen molar-refractivity contribution in [3.63, 3.8) is 0 Å². The number of nitrogens with one attached hydrogen (secondary N) is 1. The van der Waals surface area contributed by atoms with Gasteiger partial charge in [0.25, 0.3) is 11.9 Å². The molecule has 0 bridgehead atoms. The van der Waals surface area contributed by atoms with Crippen LogP contribution in [0.15, 0.2) is 12.1 Å². The molecule has 9 heteroatoms. The van der Waals surface area contributed by atoms with Crippen LogP contribution in [0.3, 0.4) is 0 Å². The normalized spacial score (nSPS) is 10.9. The number of nitrogens with zero attached hydrogens (tertiary/aromatic N) is 4. The SMILES string of the molecule is Cc1cc(C(=O)Nc2nnn(C)n2)sc1/C=C/C(=O)O. The van der Waals surface area contributed by atoms with Gasteiger partial charge in [-0.15, -0.1) is 16.4 Å². The summed E-state index contributed by atoms with van der Waals surface area (Å²) in [5.41, 5.74) is 0.824. The van der Waals surface area contributed by atoms with Crippen molar-refractivity contribution in [2.75, 3.05) is 5.32 Å². The van der Waals surface area contributed by atoms with E-state index < -0.39 is 5.97 Å². The van der Waals surface area contributed by atoms with Gasteiger partial charge in [0, 0.05) is 11.0 Å². The second-order valence-corrected chi connectivity index (χ2v) is 4.97. The standard InChI is InChI=1S/C11H11N5O3S/c1-6-5-8(20-7(6)3-4-9(17)18)10(19)12-11-13-15-16(2)14-11/h3-5H,1-2H3,(H,17,18)(H,12,14,19)/b4-3+. The van der Waals surface area contributed by atoms with Gasteiger partial charge >= 0.3 is 5.97 Å². The van der Waals surface area contributed by atoms with Crippen molar-refractivity contribution >= 4 is 35.2 Å². The first-order valence-corrected chi connectivity index (χ1v) is 6.34. The van der Waals surface area contributed by atoms with Gasteiger partial charge in [0.2, 0.25) is 0 Å². The van der Waals surface area contributed by atoms with E-state index in [0.29, 0.717) is 9.75 Å². The smallest absolute Gasteiger partial charge is 0.328 e. The maximum atomic E-state index is 12.0. The first-order valence-electron chi connectivity index (χ1n) is 5.52. The van der Waals surface area contributed by atoms with E-state index in [2.05, 4.69) is 20.7 Å². The third kappa shape index (κ3) is 3.26. The number of tetrazole rings is 1. The number of aliphatic carboxylic acids is 1. The number of carbonyl (C=O) groups excluding carboxylic acids is 1. The molecule has 20 heavy (non-hydrogen) atoms. The quantitative estimate of drug-likeness (QED) is 0.811. The Balaban J connectivity index is 2.15. The van der Waals surface area contributed by atoms with Gasteiger partial charge in [-0.3, -0.25) is 10.1 Å². The van der Waals surface area contributed by atoms with Crippen LogP contribution in [0.4, 0.5) is 5.95 Å². The van der Waals surface area contributed by atoms with Crippen molar-refractivity contribution in [1.29, 1.82) is 0 Å². The lowest BCUT2D eigenvalue weighted by molar-refractivity contribution is -0.131. The van der Waals surface area contributed by atoms with E-state index in [9.17, 15) is 9.59 Å². The van der Waals surface area contributed by atoms with E-state index in [-0.39, 0.29) is 11.9 Å². The number of carbonyl (C=O) groups is 2. The number of hydrogen-bond donors (Lipinski definition) is 2. The summed E-state index contributed by atoms with van der Waals surface area (Å²) in [4.78, 5) is 24.8.